The molecule has 3 aromatic carbocycles. The zero-order chi connectivity index (χ0) is 24.1. The molecule has 0 aliphatic carbocycles. The van der Waals surface area contributed by atoms with Gasteiger partial charge in [0.1, 0.15) is 18.2 Å². The Morgan fingerprint density at radius 3 is 2.44 bits per heavy atom. The van der Waals surface area contributed by atoms with E-state index in [1.54, 1.807) is 67.7 Å². The first kappa shape index (κ1) is 23.3. The number of aliphatic imine (C=N–C) groups is 1. The van der Waals surface area contributed by atoms with Crippen LogP contribution in [0.4, 0.5) is 10.1 Å². The van der Waals surface area contributed by atoms with Crippen molar-refractivity contribution < 1.29 is 23.5 Å². The minimum atomic E-state index is -0.421. The minimum absolute atomic E-state index is 0.132. The number of likely N-dealkylation sites (N-methyl/N-ethyl adjacent to an activating group) is 1. The summed E-state index contributed by atoms with van der Waals surface area (Å²) < 4.78 is 24.1. The molecule has 1 saturated heterocycles. The standard InChI is InChI=1S/C26H21FN2O4S/c1-29-24(30)23(34-26(29)28-20-11-9-18(10-12-20)25(31)32-2)15-17-7-13-21(14-8-17)33-16-19-5-3-4-6-22(19)27/h3-15H,16H2,1-2H3/b23-15-,28-26?. The van der Waals surface area contributed by atoms with E-state index in [0.717, 1.165) is 5.56 Å². The van der Waals surface area contributed by atoms with E-state index in [2.05, 4.69) is 4.99 Å². The highest BCUT2D eigenvalue weighted by molar-refractivity contribution is 8.18. The smallest absolute Gasteiger partial charge is 0.337 e. The summed E-state index contributed by atoms with van der Waals surface area (Å²) >= 11 is 1.27. The van der Waals surface area contributed by atoms with Crippen molar-refractivity contribution in [3.8, 4) is 5.75 Å². The first-order valence-corrected chi connectivity index (χ1v) is 11.2. The van der Waals surface area contributed by atoms with Gasteiger partial charge < -0.3 is 9.47 Å². The zero-order valence-corrected chi connectivity index (χ0v) is 19.3. The second kappa shape index (κ2) is 10.4. The SMILES string of the molecule is COC(=O)c1ccc(N=C2S/C(=C\c3ccc(OCc4ccccc4F)cc3)C(=O)N2C)cc1. The van der Waals surface area contributed by atoms with Crippen LogP contribution in [0.25, 0.3) is 6.08 Å². The summed E-state index contributed by atoms with van der Waals surface area (Å²) in [6.07, 6.45) is 1.78. The van der Waals surface area contributed by atoms with Gasteiger partial charge in [-0.3, -0.25) is 9.69 Å². The van der Waals surface area contributed by atoms with E-state index in [1.165, 1.54) is 29.8 Å². The quantitative estimate of drug-likeness (QED) is 0.351. The lowest BCUT2D eigenvalue weighted by atomic mass is 10.2. The summed E-state index contributed by atoms with van der Waals surface area (Å²) in [6.45, 7) is 0.132. The van der Waals surface area contributed by atoms with E-state index in [9.17, 15) is 14.0 Å². The van der Waals surface area contributed by atoms with Gasteiger partial charge in [0.2, 0.25) is 0 Å². The summed E-state index contributed by atoms with van der Waals surface area (Å²) in [7, 11) is 2.99. The fourth-order valence-electron chi connectivity index (χ4n) is 3.14. The number of ether oxygens (including phenoxy) is 2. The number of amidine groups is 1. The van der Waals surface area contributed by atoms with Gasteiger partial charge in [-0.1, -0.05) is 30.3 Å². The van der Waals surface area contributed by atoms with Crippen LogP contribution in [0.2, 0.25) is 0 Å². The number of methoxy groups -OCH3 is 1. The molecule has 3 aromatic rings. The number of carbonyl (C=O) groups is 2. The van der Waals surface area contributed by atoms with Crippen molar-refractivity contribution in [2.75, 3.05) is 14.2 Å². The number of rotatable bonds is 6. The number of hydrogen-bond donors (Lipinski definition) is 0. The van der Waals surface area contributed by atoms with Crippen LogP contribution in [0, 0.1) is 5.82 Å². The molecule has 8 heteroatoms. The van der Waals surface area contributed by atoms with Crippen molar-refractivity contribution in [2.45, 2.75) is 6.61 Å². The van der Waals surface area contributed by atoms with Crippen molar-refractivity contribution in [3.05, 3.63) is 100 Å². The molecule has 0 bridgehead atoms. The summed E-state index contributed by atoms with van der Waals surface area (Å²) in [4.78, 5) is 30.8. The van der Waals surface area contributed by atoms with Gasteiger partial charge in [0, 0.05) is 12.6 Å². The molecule has 0 atom stereocenters. The maximum atomic E-state index is 13.7. The topological polar surface area (TPSA) is 68.2 Å². The van der Waals surface area contributed by atoms with Gasteiger partial charge in [-0.15, -0.1) is 0 Å². The molecule has 172 valence electrons. The molecule has 0 saturated carbocycles. The Balaban J connectivity index is 1.44. The molecule has 34 heavy (non-hydrogen) atoms. The molecule has 1 fully saturated rings. The van der Waals surface area contributed by atoms with Crippen LogP contribution in [-0.4, -0.2) is 36.1 Å². The zero-order valence-electron chi connectivity index (χ0n) is 18.5. The molecule has 0 spiro atoms. The van der Waals surface area contributed by atoms with Gasteiger partial charge >= 0.3 is 5.97 Å². The second-order valence-electron chi connectivity index (χ2n) is 7.36. The van der Waals surface area contributed by atoms with Gasteiger partial charge in [0.15, 0.2) is 5.17 Å². The Bertz CT molecular complexity index is 1270. The van der Waals surface area contributed by atoms with Gasteiger partial charge in [-0.05, 0) is 65.9 Å². The van der Waals surface area contributed by atoms with Crippen LogP contribution in [-0.2, 0) is 16.1 Å². The Hall–Kier alpha value is -3.91. The highest BCUT2D eigenvalue weighted by Crippen LogP contribution is 2.33. The van der Waals surface area contributed by atoms with Crippen molar-refractivity contribution in [2.24, 2.45) is 4.99 Å². The highest BCUT2D eigenvalue weighted by Gasteiger charge is 2.30. The number of nitrogens with zero attached hydrogens (tertiary/aromatic N) is 2. The Morgan fingerprint density at radius 2 is 1.76 bits per heavy atom. The number of thioether (sulfide) groups is 1. The third kappa shape index (κ3) is 5.35. The Morgan fingerprint density at radius 1 is 1.06 bits per heavy atom. The van der Waals surface area contributed by atoms with E-state index in [1.807, 2.05) is 12.1 Å². The highest BCUT2D eigenvalue weighted by atomic mass is 32.2. The van der Waals surface area contributed by atoms with Crippen LogP contribution in [0.1, 0.15) is 21.5 Å². The van der Waals surface area contributed by atoms with E-state index < -0.39 is 5.97 Å². The number of halogens is 1. The lowest BCUT2D eigenvalue weighted by Crippen LogP contribution is -2.23. The molecule has 6 nitrogen and oxygen atoms in total. The maximum Gasteiger partial charge on any atom is 0.337 e. The number of benzene rings is 3. The van der Waals surface area contributed by atoms with Crippen molar-refractivity contribution in [1.29, 1.82) is 0 Å². The van der Waals surface area contributed by atoms with E-state index >= 15 is 0 Å². The molecule has 1 aliphatic heterocycles. The Labute approximate surface area is 200 Å². The van der Waals surface area contributed by atoms with Gasteiger partial charge in [-0.25, -0.2) is 14.2 Å². The Kier molecular flexibility index (Phi) is 7.08. The molecule has 1 amide bonds. The normalized spacial score (nSPS) is 15.7. The first-order chi connectivity index (χ1) is 16.4. The molecule has 4 rings (SSSR count). The van der Waals surface area contributed by atoms with E-state index in [0.29, 0.717) is 32.6 Å². The molecular formula is C26H21FN2O4S. The summed E-state index contributed by atoms with van der Waals surface area (Å²) in [6, 6.07) is 20.3. The van der Waals surface area contributed by atoms with Crippen LogP contribution < -0.4 is 4.74 Å². The fourth-order valence-corrected chi connectivity index (χ4v) is 4.13. The first-order valence-electron chi connectivity index (χ1n) is 10.4. The summed E-state index contributed by atoms with van der Waals surface area (Å²) in [5, 5.41) is 0.534. The predicted molar refractivity (Wildman–Crippen MR) is 130 cm³/mol. The second-order valence-corrected chi connectivity index (χ2v) is 8.37. The van der Waals surface area contributed by atoms with Crippen molar-refractivity contribution in [1.82, 2.24) is 4.90 Å². The van der Waals surface area contributed by atoms with Crippen LogP contribution in [0.3, 0.4) is 0 Å². The number of amides is 1. The van der Waals surface area contributed by atoms with E-state index in [-0.39, 0.29) is 18.3 Å². The number of esters is 1. The maximum absolute atomic E-state index is 13.7. The molecule has 0 unspecified atom stereocenters. The molecular weight excluding hydrogens is 455 g/mol. The predicted octanol–water partition coefficient (Wildman–Crippen LogP) is 5.43. The average molecular weight is 477 g/mol. The van der Waals surface area contributed by atoms with Gasteiger partial charge in [-0.2, -0.15) is 0 Å². The van der Waals surface area contributed by atoms with Crippen LogP contribution >= 0.6 is 11.8 Å². The van der Waals surface area contributed by atoms with Crippen molar-refractivity contribution in [3.63, 3.8) is 0 Å². The molecule has 0 radical (unpaired) electrons. The third-order valence-electron chi connectivity index (χ3n) is 5.05. The average Bonchev–Trinajstić information content (AvgIpc) is 3.12. The number of hydrogen-bond acceptors (Lipinski definition) is 6. The van der Waals surface area contributed by atoms with Crippen LogP contribution in [0.15, 0.2) is 82.7 Å². The molecule has 0 N–H and O–H groups in total. The molecule has 0 aromatic heterocycles. The minimum Gasteiger partial charge on any atom is -0.489 e. The van der Waals surface area contributed by atoms with Crippen molar-refractivity contribution >= 4 is 40.6 Å². The monoisotopic (exact) mass is 476 g/mol. The summed E-state index contributed by atoms with van der Waals surface area (Å²) in [5.41, 5.74) is 2.35. The molecule has 1 aliphatic rings. The molecule has 1 heterocycles. The number of carbonyl (C=O) groups excluding carboxylic acids is 2. The largest absolute Gasteiger partial charge is 0.489 e. The lowest BCUT2D eigenvalue weighted by Gasteiger charge is -2.07. The lowest BCUT2D eigenvalue weighted by molar-refractivity contribution is -0.121. The fraction of sp³-hybridized carbons (Fsp3) is 0.115. The summed E-state index contributed by atoms with van der Waals surface area (Å²) in [5.74, 6) is -0.280. The van der Waals surface area contributed by atoms with E-state index in [4.69, 9.17) is 9.47 Å². The van der Waals surface area contributed by atoms with Gasteiger partial charge in [0.05, 0.1) is 23.3 Å². The third-order valence-corrected chi connectivity index (χ3v) is 6.11. The van der Waals surface area contributed by atoms with Gasteiger partial charge in [0.25, 0.3) is 5.91 Å². The van der Waals surface area contributed by atoms with Crippen LogP contribution in [0.5, 0.6) is 5.75 Å².